The maximum Gasteiger partial charge on any atom is 0.416 e. The highest BCUT2D eigenvalue weighted by Gasteiger charge is 2.31. The Kier molecular flexibility index (Phi) is 5.46. The zero-order valence-electron chi connectivity index (χ0n) is 15.5. The Bertz CT molecular complexity index is 909. The first kappa shape index (κ1) is 19.3. The maximum atomic E-state index is 13.2. The van der Waals surface area contributed by atoms with Gasteiger partial charge in [0.05, 0.1) is 5.56 Å². The second-order valence-corrected chi connectivity index (χ2v) is 6.92. The molecule has 0 fully saturated rings. The first-order valence-corrected chi connectivity index (χ1v) is 9.01. The molecule has 0 aliphatic rings. The highest BCUT2D eigenvalue weighted by Crippen LogP contribution is 2.36. The molecule has 0 aliphatic heterocycles. The van der Waals surface area contributed by atoms with Crippen molar-refractivity contribution < 1.29 is 13.2 Å². The first-order chi connectivity index (χ1) is 12.8. The smallest absolute Gasteiger partial charge is 0.378 e. The van der Waals surface area contributed by atoms with Crippen molar-refractivity contribution in [2.24, 2.45) is 5.73 Å². The van der Waals surface area contributed by atoms with Crippen LogP contribution in [0.4, 0.5) is 18.9 Å². The molecule has 0 spiro atoms. The molecule has 3 aromatic rings. The van der Waals surface area contributed by atoms with Crippen LogP contribution in [0.15, 0.2) is 42.5 Å². The second-order valence-electron chi connectivity index (χ2n) is 6.92. The molecule has 3 nitrogen and oxygen atoms in total. The van der Waals surface area contributed by atoms with Crippen molar-refractivity contribution in [2.45, 2.75) is 25.4 Å². The monoisotopic (exact) mass is 375 g/mol. The molecule has 2 aromatic carbocycles. The Morgan fingerprint density at radius 3 is 2.30 bits per heavy atom. The van der Waals surface area contributed by atoms with Crippen LogP contribution in [-0.4, -0.2) is 25.6 Å². The van der Waals surface area contributed by atoms with E-state index in [-0.39, 0.29) is 0 Å². The Balaban J connectivity index is 2.11. The number of aromatic nitrogens is 1. The number of halogens is 3. The van der Waals surface area contributed by atoms with E-state index < -0.39 is 11.7 Å². The summed E-state index contributed by atoms with van der Waals surface area (Å²) < 4.78 is 39.5. The van der Waals surface area contributed by atoms with Crippen molar-refractivity contribution in [1.29, 1.82) is 0 Å². The summed E-state index contributed by atoms with van der Waals surface area (Å²) >= 11 is 0. The van der Waals surface area contributed by atoms with E-state index in [9.17, 15) is 13.2 Å². The third-order valence-corrected chi connectivity index (χ3v) is 4.79. The lowest BCUT2D eigenvalue weighted by molar-refractivity contribution is -0.137. The fourth-order valence-corrected chi connectivity index (χ4v) is 3.30. The van der Waals surface area contributed by atoms with Gasteiger partial charge in [0.2, 0.25) is 0 Å². The quantitative estimate of drug-likeness (QED) is 0.582. The molecule has 0 aliphatic carbocycles. The van der Waals surface area contributed by atoms with Crippen LogP contribution >= 0.6 is 0 Å². The van der Waals surface area contributed by atoms with Crippen molar-refractivity contribution in [3.05, 3.63) is 53.6 Å². The van der Waals surface area contributed by atoms with Crippen molar-refractivity contribution in [2.75, 3.05) is 25.5 Å². The van der Waals surface area contributed by atoms with Gasteiger partial charge in [-0.25, -0.2) is 0 Å². The third kappa shape index (κ3) is 4.11. The Morgan fingerprint density at radius 2 is 1.70 bits per heavy atom. The van der Waals surface area contributed by atoms with Gasteiger partial charge >= 0.3 is 6.18 Å². The molecule has 27 heavy (non-hydrogen) atoms. The summed E-state index contributed by atoms with van der Waals surface area (Å²) in [6, 6.07) is 11.9. The first-order valence-electron chi connectivity index (χ1n) is 9.01. The number of aryl methyl sites for hydroxylation is 1. The highest BCUT2D eigenvalue weighted by atomic mass is 19.4. The number of anilines is 1. The zero-order chi connectivity index (χ0) is 19.6. The van der Waals surface area contributed by atoms with Gasteiger partial charge in [0.15, 0.2) is 0 Å². The van der Waals surface area contributed by atoms with Gasteiger partial charge in [-0.05, 0) is 67.3 Å². The number of benzene rings is 2. The summed E-state index contributed by atoms with van der Waals surface area (Å²) in [5.74, 6) is 0. The lowest BCUT2D eigenvalue weighted by atomic mass is 9.99. The number of H-pyrrole nitrogens is 1. The average molecular weight is 375 g/mol. The second kappa shape index (κ2) is 7.64. The van der Waals surface area contributed by atoms with Gasteiger partial charge in [-0.15, -0.1) is 0 Å². The summed E-state index contributed by atoms with van der Waals surface area (Å²) in [5.41, 5.74) is 9.53. The highest BCUT2D eigenvalue weighted by molar-refractivity contribution is 5.91. The minimum Gasteiger partial charge on any atom is -0.378 e. The number of hydrogen-bond acceptors (Lipinski definition) is 2. The van der Waals surface area contributed by atoms with Crippen molar-refractivity contribution >= 4 is 16.6 Å². The molecule has 6 heteroatoms. The van der Waals surface area contributed by atoms with Crippen molar-refractivity contribution in [3.63, 3.8) is 0 Å². The van der Waals surface area contributed by atoms with Crippen LogP contribution in [-0.2, 0) is 12.6 Å². The predicted octanol–water partition coefficient (Wildman–Crippen LogP) is 5.20. The Morgan fingerprint density at radius 1 is 1.00 bits per heavy atom. The van der Waals surface area contributed by atoms with Crippen LogP contribution in [0.2, 0.25) is 0 Å². The largest absolute Gasteiger partial charge is 0.416 e. The number of fused-ring (bicyclic) bond motifs is 1. The standard InChI is InChI=1S/C21H24F3N3/c1-27(2)16-9-6-14(7-10-16)20-17(5-3-4-12-25)18-13-15(21(22,23)24)8-11-19(18)26-20/h6-11,13,26H,3-5,12,25H2,1-2H3. The van der Waals surface area contributed by atoms with Crippen LogP contribution in [0.1, 0.15) is 24.0 Å². The van der Waals surface area contributed by atoms with Gasteiger partial charge < -0.3 is 15.6 Å². The van der Waals surface area contributed by atoms with Gasteiger partial charge in [0, 0.05) is 36.4 Å². The minimum absolute atomic E-state index is 0.572. The number of nitrogens with two attached hydrogens (primary N) is 1. The molecule has 0 amide bonds. The maximum absolute atomic E-state index is 13.2. The number of nitrogens with zero attached hydrogens (tertiary/aromatic N) is 1. The molecule has 0 saturated heterocycles. The number of rotatable bonds is 6. The summed E-state index contributed by atoms with van der Waals surface area (Å²) in [4.78, 5) is 5.33. The van der Waals surface area contributed by atoms with E-state index in [4.69, 9.17) is 5.73 Å². The molecule has 0 bridgehead atoms. The van der Waals surface area contributed by atoms with Crippen LogP contribution < -0.4 is 10.6 Å². The lowest BCUT2D eigenvalue weighted by Gasteiger charge is -2.13. The number of unbranched alkanes of at least 4 members (excludes halogenated alkanes) is 1. The molecule has 1 aromatic heterocycles. The molecule has 0 radical (unpaired) electrons. The van der Waals surface area contributed by atoms with Gasteiger partial charge in [-0.2, -0.15) is 13.2 Å². The number of hydrogen-bond donors (Lipinski definition) is 2. The SMILES string of the molecule is CN(C)c1ccc(-c2[nH]c3ccc(C(F)(F)F)cc3c2CCCCN)cc1. The fourth-order valence-electron chi connectivity index (χ4n) is 3.30. The van der Waals surface area contributed by atoms with Crippen LogP contribution in [0.25, 0.3) is 22.2 Å². The third-order valence-electron chi connectivity index (χ3n) is 4.79. The topological polar surface area (TPSA) is 45.0 Å². The summed E-state index contributed by atoms with van der Waals surface area (Å²) in [6.45, 7) is 0.572. The molecule has 1 heterocycles. The fraction of sp³-hybridized carbons (Fsp3) is 0.333. The molecule has 3 rings (SSSR count). The van der Waals surface area contributed by atoms with E-state index in [2.05, 4.69) is 4.98 Å². The number of nitrogens with one attached hydrogen (secondary N) is 1. The van der Waals surface area contributed by atoms with E-state index >= 15 is 0 Å². The summed E-state index contributed by atoms with van der Waals surface area (Å²) in [5, 5.41) is 0.633. The molecule has 144 valence electrons. The van der Waals surface area contributed by atoms with Crippen LogP contribution in [0.5, 0.6) is 0 Å². The molecule has 0 atom stereocenters. The number of alkyl halides is 3. The van der Waals surface area contributed by atoms with E-state index in [1.165, 1.54) is 12.1 Å². The lowest BCUT2D eigenvalue weighted by Crippen LogP contribution is -2.07. The van der Waals surface area contributed by atoms with Gasteiger partial charge in [0.1, 0.15) is 0 Å². The van der Waals surface area contributed by atoms with Crippen molar-refractivity contribution in [1.82, 2.24) is 4.98 Å². The Labute approximate surface area is 157 Å². The van der Waals surface area contributed by atoms with Gasteiger partial charge in [-0.1, -0.05) is 12.1 Å². The zero-order valence-corrected chi connectivity index (χ0v) is 15.5. The van der Waals surface area contributed by atoms with Gasteiger partial charge in [0.25, 0.3) is 0 Å². The van der Waals surface area contributed by atoms with Crippen LogP contribution in [0.3, 0.4) is 0 Å². The average Bonchev–Trinajstić information content (AvgIpc) is 2.99. The van der Waals surface area contributed by atoms with E-state index in [1.807, 2.05) is 43.3 Å². The molecule has 0 saturated carbocycles. The minimum atomic E-state index is -4.35. The van der Waals surface area contributed by atoms with E-state index in [1.54, 1.807) is 0 Å². The molecular weight excluding hydrogens is 351 g/mol. The van der Waals surface area contributed by atoms with Crippen LogP contribution in [0, 0.1) is 0 Å². The molecule has 3 N–H and O–H groups in total. The Hall–Kier alpha value is -2.47. The van der Waals surface area contributed by atoms with E-state index in [0.29, 0.717) is 18.4 Å². The summed E-state index contributed by atoms with van der Waals surface area (Å²) in [6.07, 6.45) is -2.00. The summed E-state index contributed by atoms with van der Waals surface area (Å²) in [7, 11) is 3.93. The molecule has 0 unspecified atom stereocenters. The predicted molar refractivity (Wildman–Crippen MR) is 105 cm³/mol. The normalized spacial score (nSPS) is 11.9. The molecular formula is C21H24F3N3. The van der Waals surface area contributed by atoms with Crippen molar-refractivity contribution in [3.8, 4) is 11.3 Å². The van der Waals surface area contributed by atoms with E-state index in [0.717, 1.165) is 46.9 Å². The van der Waals surface area contributed by atoms with Gasteiger partial charge in [-0.3, -0.25) is 0 Å². The number of aromatic amines is 1.